The van der Waals surface area contributed by atoms with Crippen molar-refractivity contribution in [3.05, 3.63) is 73.5 Å². The Morgan fingerprint density at radius 2 is 2.12 bits per heavy atom. The summed E-state index contributed by atoms with van der Waals surface area (Å²) >= 11 is 7.58. The second-order valence-electron chi connectivity index (χ2n) is 10.3. The van der Waals surface area contributed by atoms with Crippen molar-refractivity contribution < 1.29 is 28.2 Å². The number of esters is 1. The SMILES string of the molecule is CCOC(=O)C1=C(C2CCC(N)=C(C=NCC(C)(C)C(=O)O)C2)NC(c2nccs2)=NC1c1ccc(F)c(F)c1Cl. The lowest BCUT2D eigenvalue weighted by Crippen LogP contribution is -2.38. The maximum absolute atomic E-state index is 14.6. The second-order valence-corrected chi connectivity index (χ2v) is 11.6. The number of aliphatic carboxylic acids is 1. The highest BCUT2D eigenvalue weighted by molar-refractivity contribution is 7.11. The molecule has 0 spiro atoms. The van der Waals surface area contributed by atoms with Crippen molar-refractivity contribution >= 4 is 46.9 Å². The van der Waals surface area contributed by atoms with Gasteiger partial charge in [0, 0.05) is 40.7 Å². The molecule has 41 heavy (non-hydrogen) atoms. The number of halogens is 3. The largest absolute Gasteiger partial charge is 0.481 e. The van der Waals surface area contributed by atoms with Gasteiger partial charge in [0.15, 0.2) is 22.5 Å². The van der Waals surface area contributed by atoms with Crippen LogP contribution in [0, 0.1) is 23.0 Å². The fourth-order valence-corrected chi connectivity index (χ4v) is 5.41. The number of carbonyl (C=O) groups excluding carboxylic acids is 1. The molecule has 4 rings (SSSR count). The molecule has 0 fully saturated rings. The van der Waals surface area contributed by atoms with E-state index in [0.717, 1.165) is 6.07 Å². The zero-order valence-corrected chi connectivity index (χ0v) is 24.3. The van der Waals surface area contributed by atoms with Gasteiger partial charge in [-0.05, 0) is 51.7 Å². The number of aromatic nitrogens is 1. The highest BCUT2D eigenvalue weighted by Crippen LogP contribution is 2.42. The lowest BCUT2D eigenvalue weighted by atomic mass is 9.81. The molecule has 0 bridgehead atoms. The van der Waals surface area contributed by atoms with Gasteiger partial charge >= 0.3 is 11.9 Å². The summed E-state index contributed by atoms with van der Waals surface area (Å²) in [5.41, 5.74) is 7.29. The van der Waals surface area contributed by atoms with Gasteiger partial charge in [-0.15, -0.1) is 11.3 Å². The van der Waals surface area contributed by atoms with E-state index in [9.17, 15) is 23.5 Å². The minimum absolute atomic E-state index is 0.0519. The molecule has 2 aromatic rings. The van der Waals surface area contributed by atoms with Crippen LogP contribution in [0.4, 0.5) is 8.78 Å². The topological polar surface area (TPSA) is 139 Å². The van der Waals surface area contributed by atoms with Crippen LogP contribution in [0.1, 0.15) is 56.6 Å². The van der Waals surface area contributed by atoms with Crippen LogP contribution in [0.3, 0.4) is 0 Å². The second kappa shape index (κ2) is 12.5. The van der Waals surface area contributed by atoms with Gasteiger partial charge in [-0.25, -0.2) is 18.6 Å². The Morgan fingerprint density at radius 3 is 2.78 bits per heavy atom. The van der Waals surface area contributed by atoms with Crippen LogP contribution in [0.2, 0.25) is 5.02 Å². The third-order valence-electron chi connectivity index (χ3n) is 6.93. The minimum Gasteiger partial charge on any atom is -0.481 e. The molecule has 1 aliphatic carbocycles. The Labute approximate surface area is 244 Å². The molecular formula is C28H30ClF2N5O4S. The number of benzene rings is 1. The number of amidine groups is 1. The van der Waals surface area contributed by atoms with Crippen molar-refractivity contribution in [2.45, 2.75) is 46.1 Å². The number of hydrogen-bond donors (Lipinski definition) is 3. The van der Waals surface area contributed by atoms with E-state index < -0.39 is 40.1 Å². The highest BCUT2D eigenvalue weighted by Gasteiger charge is 2.38. The molecule has 1 aromatic carbocycles. The predicted molar refractivity (Wildman–Crippen MR) is 153 cm³/mol. The van der Waals surface area contributed by atoms with Gasteiger partial charge in [0.05, 0.1) is 29.2 Å². The molecule has 2 aliphatic rings. The quantitative estimate of drug-likeness (QED) is 0.203. The first-order valence-electron chi connectivity index (χ1n) is 12.9. The summed E-state index contributed by atoms with van der Waals surface area (Å²) in [5, 5.41) is 14.5. The monoisotopic (exact) mass is 605 g/mol. The molecular weight excluding hydrogens is 576 g/mol. The predicted octanol–water partition coefficient (Wildman–Crippen LogP) is 5.18. The van der Waals surface area contributed by atoms with E-state index >= 15 is 0 Å². The van der Waals surface area contributed by atoms with Crippen LogP contribution in [0.5, 0.6) is 0 Å². The molecule has 4 N–H and O–H groups in total. The average molecular weight is 606 g/mol. The summed E-state index contributed by atoms with van der Waals surface area (Å²) < 4.78 is 34.0. The summed E-state index contributed by atoms with van der Waals surface area (Å²) in [7, 11) is 0. The van der Waals surface area contributed by atoms with E-state index in [4.69, 9.17) is 22.1 Å². The van der Waals surface area contributed by atoms with E-state index in [1.165, 1.54) is 17.4 Å². The number of carboxylic acids is 1. The first-order chi connectivity index (χ1) is 19.4. The van der Waals surface area contributed by atoms with Crippen molar-refractivity contribution in [2.24, 2.45) is 27.1 Å². The Hall–Kier alpha value is -3.64. The number of allylic oxidation sites excluding steroid dienone is 3. The summed E-state index contributed by atoms with van der Waals surface area (Å²) in [6, 6.07) is 1.14. The highest BCUT2D eigenvalue weighted by atomic mass is 35.5. The molecule has 13 heteroatoms. The van der Waals surface area contributed by atoms with E-state index in [1.807, 2.05) is 0 Å². The Kier molecular flexibility index (Phi) is 9.23. The number of rotatable bonds is 9. The molecule has 1 aliphatic heterocycles. The first kappa shape index (κ1) is 30.3. The normalized spacial score (nSPS) is 19.8. The van der Waals surface area contributed by atoms with E-state index in [0.29, 0.717) is 47.1 Å². The summed E-state index contributed by atoms with van der Waals surface area (Å²) in [4.78, 5) is 38.3. The molecule has 2 heterocycles. The fourth-order valence-electron chi connectivity index (χ4n) is 4.57. The number of nitrogens with two attached hydrogens (primary N) is 1. The number of carbonyl (C=O) groups is 2. The van der Waals surface area contributed by atoms with Gasteiger partial charge in [0.2, 0.25) is 0 Å². The number of thiazole rings is 1. The van der Waals surface area contributed by atoms with Gasteiger partial charge in [-0.3, -0.25) is 14.8 Å². The van der Waals surface area contributed by atoms with Gasteiger partial charge in [0.1, 0.15) is 6.04 Å². The molecule has 9 nitrogen and oxygen atoms in total. The molecule has 1 aromatic heterocycles. The number of nitrogens with zero attached hydrogens (tertiary/aromatic N) is 3. The smallest absolute Gasteiger partial charge is 0.338 e. The number of carboxylic acid groups (broad SMARTS) is 1. The third kappa shape index (κ3) is 6.48. The fraction of sp³-hybridized carbons (Fsp3) is 0.393. The first-order valence-corrected chi connectivity index (χ1v) is 14.2. The number of nitrogens with one attached hydrogen (secondary N) is 1. The number of hydrogen-bond acceptors (Lipinski definition) is 9. The lowest BCUT2D eigenvalue weighted by Gasteiger charge is -2.33. The van der Waals surface area contributed by atoms with Crippen molar-refractivity contribution in [3.8, 4) is 0 Å². The maximum Gasteiger partial charge on any atom is 0.338 e. The van der Waals surface area contributed by atoms with Gasteiger partial charge in [-0.2, -0.15) is 0 Å². The van der Waals surface area contributed by atoms with Gasteiger partial charge in [-0.1, -0.05) is 17.7 Å². The molecule has 0 amide bonds. The van der Waals surface area contributed by atoms with Gasteiger partial charge < -0.3 is 20.9 Å². The van der Waals surface area contributed by atoms with E-state index in [2.05, 4.69) is 20.3 Å². The Morgan fingerprint density at radius 1 is 1.37 bits per heavy atom. The molecule has 218 valence electrons. The van der Waals surface area contributed by atoms with Crippen molar-refractivity contribution in [1.29, 1.82) is 0 Å². The molecule has 0 radical (unpaired) electrons. The van der Waals surface area contributed by atoms with Crippen LogP contribution < -0.4 is 11.1 Å². The third-order valence-corrected chi connectivity index (χ3v) is 8.09. The zero-order valence-electron chi connectivity index (χ0n) is 22.7. The van der Waals surface area contributed by atoms with Crippen LogP contribution in [-0.2, 0) is 14.3 Å². The lowest BCUT2D eigenvalue weighted by molar-refractivity contribution is -0.146. The zero-order chi connectivity index (χ0) is 29.9. The summed E-state index contributed by atoms with van der Waals surface area (Å²) in [6.45, 7) is 4.95. The number of aliphatic imine (C=N–C) groups is 2. The molecule has 2 atom stereocenters. The Balaban J connectivity index is 1.80. The summed E-state index contributed by atoms with van der Waals surface area (Å²) in [6.07, 6.45) is 4.59. The average Bonchev–Trinajstić information content (AvgIpc) is 3.47. The molecule has 0 saturated heterocycles. The van der Waals surface area contributed by atoms with Crippen molar-refractivity contribution in [2.75, 3.05) is 13.2 Å². The summed E-state index contributed by atoms with van der Waals surface area (Å²) in [5.74, 6) is -3.97. The molecule has 2 unspecified atom stereocenters. The van der Waals surface area contributed by atoms with Crippen LogP contribution >= 0.6 is 22.9 Å². The van der Waals surface area contributed by atoms with E-state index in [-0.39, 0.29) is 30.2 Å². The molecule has 0 saturated carbocycles. The maximum atomic E-state index is 14.6. The standard InChI is InChI=1S/C28H30ClF2N5O4S/c1-4-40-26(37)19-22(14-5-8-18(32)15(11-14)12-33-13-28(2,3)27(38)39)35-24(25-34-9-10-41-25)36-23(19)16-6-7-17(30)21(31)20(16)29/h6-7,9-10,12,14,23H,4-5,8,11,13,32H2,1-3H3,(H,35,36)(H,38,39). The Bertz CT molecular complexity index is 1470. The van der Waals surface area contributed by atoms with Crippen LogP contribution in [0.25, 0.3) is 0 Å². The number of ether oxygens (including phenoxy) is 1. The van der Waals surface area contributed by atoms with Crippen LogP contribution in [0.15, 0.2) is 56.2 Å². The van der Waals surface area contributed by atoms with Crippen molar-refractivity contribution in [1.82, 2.24) is 10.3 Å². The van der Waals surface area contributed by atoms with Gasteiger partial charge in [0.25, 0.3) is 0 Å². The minimum atomic E-state index is -1.24. The van der Waals surface area contributed by atoms with Crippen LogP contribution in [-0.4, -0.2) is 47.2 Å². The van der Waals surface area contributed by atoms with Crippen molar-refractivity contribution in [3.63, 3.8) is 0 Å². The van der Waals surface area contributed by atoms with E-state index in [1.54, 1.807) is 38.6 Å².